The quantitative estimate of drug-likeness (QED) is 0.0872. The summed E-state index contributed by atoms with van der Waals surface area (Å²) in [4.78, 5) is 0. The Morgan fingerprint density at radius 3 is 1.21 bits per heavy atom. The van der Waals surface area contributed by atoms with E-state index in [4.69, 9.17) is 59.5 Å². The smallest absolute Gasteiger partial charge is 0.417 e. The van der Waals surface area contributed by atoms with Crippen LogP contribution in [0.25, 0.3) is 0 Å². The molecule has 0 bridgehead atoms. The van der Waals surface area contributed by atoms with Crippen LogP contribution in [0.4, 0.5) is 22.0 Å². The summed E-state index contributed by atoms with van der Waals surface area (Å²) in [6.07, 6.45) is -0.577. The molecule has 14 nitrogen and oxygen atoms in total. The van der Waals surface area contributed by atoms with Crippen LogP contribution >= 0.6 is 0 Å². The largest absolute Gasteiger partial charge is 0.665 e. The van der Waals surface area contributed by atoms with Crippen molar-refractivity contribution in [2.45, 2.75) is 79.7 Å². The molecule has 312 valence electrons. The van der Waals surface area contributed by atoms with E-state index in [0.717, 1.165) is 0 Å². The molecular weight excluding hydrogens is 856 g/mol. The van der Waals surface area contributed by atoms with Gasteiger partial charge in [0.1, 0.15) is 0 Å². The average Bonchev–Trinajstić information content (AvgIpc) is 3.04. The highest BCUT2D eigenvalue weighted by molar-refractivity contribution is 6.92. The van der Waals surface area contributed by atoms with Crippen LogP contribution in [0.5, 0.6) is 0 Å². The Hall–Kier alpha value is -0.215. The maximum atomic E-state index is 14.6. The number of rotatable bonds is 14. The molecule has 27 heteroatoms. The van der Waals surface area contributed by atoms with Gasteiger partial charge in [0, 0.05) is 74.4 Å². The molecule has 1 aliphatic rings. The van der Waals surface area contributed by atoms with Gasteiger partial charge in [0.05, 0.1) is 0 Å². The predicted octanol–water partition coefficient (Wildman–Crippen LogP) is 6.50. The van der Waals surface area contributed by atoms with Crippen LogP contribution in [-0.2, 0) is 65.9 Å². The second-order valence-corrected chi connectivity index (χ2v) is 38.1. The summed E-state index contributed by atoms with van der Waals surface area (Å²) < 4.78 is 157. The predicted molar refractivity (Wildman–Crippen MR) is 202 cm³/mol. The first-order chi connectivity index (χ1) is 23.2. The molecule has 0 aromatic heterocycles. The van der Waals surface area contributed by atoms with Crippen molar-refractivity contribution in [1.29, 1.82) is 0 Å². The summed E-state index contributed by atoms with van der Waals surface area (Å²) in [5.41, 5.74) is 0.673. The van der Waals surface area contributed by atoms with Crippen molar-refractivity contribution in [3.8, 4) is 0 Å². The Morgan fingerprint density at radius 1 is 0.528 bits per heavy atom. The fourth-order valence-corrected chi connectivity index (χ4v) is 37.0. The molecule has 1 aromatic carbocycles. The lowest BCUT2D eigenvalue weighted by molar-refractivity contribution is -0.0224. The Bertz CT molecular complexity index is 1360. The highest BCUT2D eigenvalue weighted by Gasteiger charge is 2.68. The van der Waals surface area contributed by atoms with Crippen LogP contribution in [0, 0.1) is 29.1 Å². The lowest BCUT2D eigenvalue weighted by Crippen LogP contribution is -2.73. The van der Waals surface area contributed by atoms with Gasteiger partial charge in [0.15, 0.2) is 31.6 Å². The van der Waals surface area contributed by atoms with Crippen molar-refractivity contribution >= 4 is 69.9 Å². The third-order valence-corrected chi connectivity index (χ3v) is 36.5. The zero-order valence-corrected chi connectivity index (χ0v) is 39.3. The van der Waals surface area contributed by atoms with Crippen LogP contribution in [0.15, 0.2) is 12.3 Å². The van der Waals surface area contributed by atoms with Gasteiger partial charge in [-0.25, -0.2) is 22.0 Å². The highest BCUT2D eigenvalue weighted by atomic mass is 28.6. The zero-order chi connectivity index (χ0) is 39.5. The third kappa shape index (κ3) is 13.2. The average molecular weight is 913 g/mol. The lowest BCUT2D eigenvalue weighted by atomic mass is 10.1. The molecule has 4 unspecified atom stereocenters. The van der Waals surface area contributed by atoms with Crippen molar-refractivity contribution < 1.29 is 81.4 Å². The fraction of sp³-hybridized carbons (Fsp3) is 0.692. The monoisotopic (exact) mass is 912 g/mol. The zero-order valence-electron chi connectivity index (χ0n) is 31.3. The van der Waals surface area contributed by atoms with E-state index < -0.39 is 111 Å². The lowest BCUT2D eigenvalue weighted by Gasteiger charge is -2.47. The minimum absolute atomic E-state index is 0. The molecule has 0 amide bonds. The first-order valence-electron chi connectivity index (χ1n) is 15.3. The van der Waals surface area contributed by atoms with E-state index >= 15 is 0 Å². The first-order valence-corrected chi connectivity index (χ1v) is 33.6. The second-order valence-electron chi connectivity index (χ2n) is 12.6. The normalized spacial score (nSPS) is 28.2. The number of hydrogen-bond acceptors (Lipinski definition) is 14. The minimum atomic E-state index is -4.54. The van der Waals surface area contributed by atoms with E-state index in [1.165, 1.54) is 55.8 Å². The molecule has 1 aromatic rings. The molecule has 4 atom stereocenters. The standard InChI is InChI=1S/C24H49F5O14Si8.2CH4/c1-16-44(8,9)36-48(14)39-46(12,30-2)38-47(13,31-3)40-49(15,42-51(34-6,35-7)43-50(32-4,33-5)41-48)37-45(10,11)18-17-19-20(25)22(27)24(29)23(28)21(19)26;;/h16H,1,17-18H2,2-15H3;2*1H4. The maximum Gasteiger partial charge on any atom is 0.665 e. The topological polar surface area (TPSA) is 129 Å². The van der Waals surface area contributed by atoms with Crippen molar-refractivity contribution in [3.63, 3.8) is 0 Å². The second kappa shape index (κ2) is 19.5. The molecule has 0 aliphatic carbocycles. The van der Waals surface area contributed by atoms with Gasteiger partial charge < -0.3 is 59.5 Å². The van der Waals surface area contributed by atoms with Gasteiger partial charge in [-0.05, 0) is 38.7 Å². The molecule has 1 aliphatic heterocycles. The molecule has 2 rings (SSSR count). The van der Waals surface area contributed by atoms with Crippen LogP contribution in [0.3, 0.4) is 0 Å². The van der Waals surface area contributed by atoms with E-state index in [0.29, 0.717) is 0 Å². The van der Waals surface area contributed by atoms with Crippen molar-refractivity contribution in [3.05, 3.63) is 46.9 Å². The van der Waals surface area contributed by atoms with Gasteiger partial charge in [0.2, 0.25) is 14.1 Å². The van der Waals surface area contributed by atoms with E-state index in [1.807, 2.05) is 13.1 Å². The molecule has 0 radical (unpaired) electrons. The summed E-state index contributed by atoms with van der Waals surface area (Å²) in [5.74, 6) is -10.2. The summed E-state index contributed by atoms with van der Waals surface area (Å²) in [6.45, 7) is 16.9. The molecule has 0 spiro atoms. The molecular formula is C26H57F5O14Si8. The molecule has 1 fully saturated rings. The molecule has 0 N–H and O–H groups in total. The Morgan fingerprint density at radius 2 is 0.868 bits per heavy atom. The highest BCUT2D eigenvalue weighted by Crippen LogP contribution is 2.36. The third-order valence-electron chi connectivity index (χ3n) is 7.40. The van der Waals surface area contributed by atoms with E-state index in [1.54, 1.807) is 31.9 Å². The fourth-order valence-electron chi connectivity index (χ4n) is 4.86. The maximum absolute atomic E-state index is 14.6. The van der Waals surface area contributed by atoms with Gasteiger partial charge in [-0.3, -0.25) is 0 Å². The SMILES string of the molecule is C.C.C=C[Si](C)(C)O[Si]1(C)O[Si](C)(OC)O[Si](C)(OC)O[Si](C)(O[Si](C)(C)CCc2c(F)c(F)c(F)c(F)c2F)O[Si](OC)(OC)O[Si](OC)(OC)O1. The van der Waals surface area contributed by atoms with Crippen molar-refractivity contribution in [2.75, 3.05) is 42.7 Å². The van der Waals surface area contributed by atoms with Gasteiger partial charge in [-0.1, -0.05) is 20.6 Å². The van der Waals surface area contributed by atoms with Crippen LogP contribution in [0.1, 0.15) is 20.4 Å². The number of halogens is 5. The van der Waals surface area contributed by atoms with E-state index in [2.05, 4.69) is 6.58 Å². The number of benzene rings is 1. The van der Waals surface area contributed by atoms with Gasteiger partial charge in [0.25, 0.3) is 0 Å². The Balaban J connectivity index is 0.0000135. The van der Waals surface area contributed by atoms with Crippen molar-refractivity contribution in [2.24, 2.45) is 0 Å². The summed E-state index contributed by atoms with van der Waals surface area (Å²) in [5, 5.41) is 0. The molecule has 53 heavy (non-hydrogen) atoms. The number of hydrogen-bond donors (Lipinski definition) is 0. The first kappa shape index (κ1) is 52.8. The molecule has 0 saturated carbocycles. The van der Waals surface area contributed by atoms with Crippen molar-refractivity contribution in [1.82, 2.24) is 0 Å². The molecule has 1 heterocycles. The summed E-state index contributed by atoms with van der Waals surface area (Å²) in [6, 6.07) is -0.169. The Labute approximate surface area is 319 Å². The van der Waals surface area contributed by atoms with Gasteiger partial charge in [-0.2, -0.15) is 0 Å². The van der Waals surface area contributed by atoms with Crippen LogP contribution < -0.4 is 0 Å². The van der Waals surface area contributed by atoms with E-state index in [9.17, 15) is 22.0 Å². The van der Waals surface area contributed by atoms with Crippen LogP contribution in [-0.4, -0.2) is 113 Å². The summed E-state index contributed by atoms with van der Waals surface area (Å²) >= 11 is 0. The molecule has 1 saturated heterocycles. The Kier molecular flexibility index (Phi) is 19.4. The summed E-state index contributed by atoms with van der Waals surface area (Å²) in [7, 11) is -23.5. The van der Waals surface area contributed by atoms with Gasteiger partial charge in [-0.15, -0.1) is 6.58 Å². The minimum Gasteiger partial charge on any atom is -0.417 e. The van der Waals surface area contributed by atoms with Gasteiger partial charge >= 0.3 is 53.3 Å². The van der Waals surface area contributed by atoms with Crippen LogP contribution in [0.2, 0.25) is 58.4 Å². The van der Waals surface area contributed by atoms with E-state index in [-0.39, 0.29) is 20.9 Å².